The molecular weight excluding hydrogens is 292 g/mol. The molecular formula is C17H20N4O2. The fourth-order valence-electron chi connectivity index (χ4n) is 2.62. The molecule has 0 saturated heterocycles. The first kappa shape index (κ1) is 15.3. The standard InChI is InChI=1S/C17H20N4O2/c1-11(2)16-15(12(3)20-23-16)17(22)18-8-7-14-19-10-13-6-4-5-9-21(13)14/h4-6,9-11H,7-8H2,1-3H3,(H,18,22). The largest absolute Gasteiger partial charge is 0.360 e. The molecule has 0 unspecified atom stereocenters. The molecule has 6 nitrogen and oxygen atoms in total. The highest BCUT2D eigenvalue weighted by atomic mass is 16.5. The van der Waals surface area contributed by atoms with E-state index in [2.05, 4.69) is 15.5 Å². The van der Waals surface area contributed by atoms with Crippen LogP contribution in [0.4, 0.5) is 0 Å². The van der Waals surface area contributed by atoms with Crippen LogP contribution >= 0.6 is 0 Å². The van der Waals surface area contributed by atoms with Crippen LogP contribution in [0.25, 0.3) is 5.52 Å². The molecule has 0 fully saturated rings. The molecule has 0 radical (unpaired) electrons. The summed E-state index contributed by atoms with van der Waals surface area (Å²) in [6.07, 6.45) is 4.46. The maximum Gasteiger partial charge on any atom is 0.256 e. The monoisotopic (exact) mass is 312 g/mol. The summed E-state index contributed by atoms with van der Waals surface area (Å²) >= 11 is 0. The van der Waals surface area contributed by atoms with Crippen LogP contribution in [0.15, 0.2) is 35.1 Å². The van der Waals surface area contributed by atoms with Gasteiger partial charge in [-0.2, -0.15) is 0 Å². The lowest BCUT2D eigenvalue weighted by Crippen LogP contribution is -2.27. The van der Waals surface area contributed by atoms with Gasteiger partial charge in [0.05, 0.1) is 17.4 Å². The van der Waals surface area contributed by atoms with Crippen molar-refractivity contribution in [1.29, 1.82) is 0 Å². The summed E-state index contributed by atoms with van der Waals surface area (Å²) in [5.41, 5.74) is 2.22. The predicted molar refractivity (Wildman–Crippen MR) is 86.6 cm³/mol. The third-order valence-corrected chi connectivity index (χ3v) is 3.79. The molecule has 3 heterocycles. The van der Waals surface area contributed by atoms with Gasteiger partial charge in [-0.05, 0) is 19.1 Å². The molecule has 3 rings (SSSR count). The van der Waals surface area contributed by atoms with Crippen molar-refractivity contribution in [2.75, 3.05) is 6.54 Å². The summed E-state index contributed by atoms with van der Waals surface area (Å²) in [7, 11) is 0. The Morgan fingerprint density at radius 1 is 1.39 bits per heavy atom. The lowest BCUT2D eigenvalue weighted by atomic mass is 10.0. The van der Waals surface area contributed by atoms with Gasteiger partial charge in [-0.15, -0.1) is 0 Å². The number of carbonyl (C=O) groups excluding carboxylic acids is 1. The summed E-state index contributed by atoms with van der Waals surface area (Å²) in [5, 5.41) is 6.84. The average Bonchev–Trinajstić information content (AvgIpc) is 3.11. The van der Waals surface area contributed by atoms with E-state index in [0.717, 1.165) is 11.3 Å². The number of carbonyl (C=O) groups is 1. The Hall–Kier alpha value is -2.63. The van der Waals surface area contributed by atoms with Crippen LogP contribution in [0, 0.1) is 6.92 Å². The Kier molecular flexibility index (Phi) is 4.14. The summed E-state index contributed by atoms with van der Waals surface area (Å²) < 4.78 is 7.28. The Balaban J connectivity index is 1.67. The Morgan fingerprint density at radius 2 is 2.22 bits per heavy atom. The van der Waals surface area contributed by atoms with E-state index in [-0.39, 0.29) is 11.8 Å². The fourth-order valence-corrected chi connectivity index (χ4v) is 2.62. The zero-order valence-electron chi connectivity index (χ0n) is 13.5. The van der Waals surface area contributed by atoms with Crippen LogP contribution in [-0.4, -0.2) is 27.0 Å². The van der Waals surface area contributed by atoms with Crippen molar-refractivity contribution >= 4 is 11.4 Å². The van der Waals surface area contributed by atoms with Gasteiger partial charge in [-0.1, -0.05) is 25.1 Å². The van der Waals surface area contributed by atoms with Crippen LogP contribution in [0.3, 0.4) is 0 Å². The number of fused-ring (bicyclic) bond motifs is 1. The molecule has 6 heteroatoms. The van der Waals surface area contributed by atoms with Gasteiger partial charge in [0.1, 0.15) is 11.4 Å². The highest BCUT2D eigenvalue weighted by Gasteiger charge is 2.22. The number of hydrogen-bond donors (Lipinski definition) is 1. The molecule has 120 valence electrons. The molecule has 0 saturated carbocycles. The minimum Gasteiger partial charge on any atom is -0.360 e. The van der Waals surface area contributed by atoms with Crippen molar-refractivity contribution in [3.63, 3.8) is 0 Å². The number of imidazole rings is 1. The van der Waals surface area contributed by atoms with Crippen molar-refractivity contribution < 1.29 is 9.32 Å². The van der Waals surface area contributed by atoms with Crippen LogP contribution in [0.5, 0.6) is 0 Å². The fraction of sp³-hybridized carbons (Fsp3) is 0.353. The highest BCUT2D eigenvalue weighted by Crippen LogP contribution is 2.21. The van der Waals surface area contributed by atoms with Gasteiger partial charge in [0, 0.05) is 25.1 Å². The lowest BCUT2D eigenvalue weighted by Gasteiger charge is -2.07. The van der Waals surface area contributed by atoms with Crippen LogP contribution in [-0.2, 0) is 6.42 Å². The number of nitrogens with zero attached hydrogens (tertiary/aromatic N) is 3. The van der Waals surface area contributed by atoms with Crippen molar-refractivity contribution in [3.05, 3.63) is 53.4 Å². The maximum absolute atomic E-state index is 12.4. The van der Waals surface area contributed by atoms with E-state index >= 15 is 0 Å². The van der Waals surface area contributed by atoms with Crippen LogP contribution < -0.4 is 5.32 Å². The van der Waals surface area contributed by atoms with Gasteiger partial charge in [0.25, 0.3) is 5.91 Å². The molecule has 0 aliphatic heterocycles. The molecule has 0 atom stereocenters. The van der Waals surface area contributed by atoms with E-state index in [1.807, 2.05) is 48.8 Å². The zero-order valence-corrected chi connectivity index (χ0v) is 13.5. The SMILES string of the molecule is Cc1noc(C(C)C)c1C(=O)NCCc1ncc2ccccn12. The summed E-state index contributed by atoms with van der Waals surface area (Å²) in [6, 6.07) is 5.95. The van der Waals surface area contributed by atoms with Gasteiger partial charge in [-0.25, -0.2) is 4.98 Å². The molecule has 23 heavy (non-hydrogen) atoms. The average molecular weight is 312 g/mol. The van der Waals surface area contributed by atoms with E-state index in [4.69, 9.17) is 4.52 Å². The van der Waals surface area contributed by atoms with Gasteiger partial charge in [-0.3, -0.25) is 4.79 Å². The maximum atomic E-state index is 12.4. The minimum atomic E-state index is -0.145. The molecule has 0 aliphatic rings. The second-order valence-corrected chi connectivity index (χ2v) is 5.84. The third kappa shape index (κ3) is 2.97. The molecule has 1 amide bonds. The molecule has 3 aromatic rings. The van der Waals surface area contributed by atoms with Gasteiger partial charge < -0.3 is 14.2 Å². The summed E-state index contributed by atoms with van der Waals surface area (Å²) in [4.78, 5) is 16.8. The molecule has 0 spiro atoms. The Morgan fingerprint density at radius 3 is 3.00 bits per heavy atom. The number of rotatable bonds is 5. The molecule has 0 aromatic carbocycles. The van der Waals surface area contributed by atoms with Crippen molar-refractivity contribution in [3.8, 4) is 0 Å². The minimum absolute atomic E-state index is 0.119. The molecule has 3 aromatic heterocycles. The van der Waals surface area contributed by atoms with E-state index < -0.39 is 0 Å². The molecule has 0 aliphatic carbocycles. The van der Waals surface area contributed by atoms with Crippen molar-refractivity contribution in [2.45, 2.75) is 33.1 Å². The van der Waals surface area contributed by atoms with E-state index in [9.17, 15) is 4.79 Å². The lowest BCUT2D eigenvalue weighted by molar-refractivity contribution is 0.0951. The number of aromatic nitrogens is 3. The van der Waals surface area contributed by atoms with E-state index in [1.165, 1.54) is 0 Å². The smallest absolute Gasteiger partial charge is 0.256 e. The third-order valence-electron chi connectivity index (χ3n) is 3.79. The van der Waals surface area contributed by atoms with Crippen LogP contribution in [0.2, 0.25) is 0 Å². The zero-order chi connectivity index (χ0) is 16.4. The normalized spacial score (nSPS) is 11.3. The summed E-state index contributed by atoms with van der Waals surface area (Å²) in [5.74, 6) is 1.53. The number of amides is 1. The van der Waals surface area contributed by atoms with Crippen molar-refractivity contribution in [2.24, 2.45) is 0 Å². The van der Waals surface area contributed by atoms with Crippen molar-refractivity contribution in [1.82, 2.24) is 19.9 Å². The van der Waals surface area contributed by atoms with E-state index in [1.54, 1.807) is 6.92 Å². The molecule has 0 bridgehead atoms. The molecule has 1 N–H and O–H groups in total. The second kappa shape index (κ2) is 6.24. The van der Waals surface area contributed by atoms with E-state index in [0.29, 0.717) is 30.0 Å². The first-order chi connectivity index (χ1) is 11.1. The number of hydrogen-bond acceptors (Lipinski definition) is 4. The predicted octanol–water partition coefficient (Wildman–Crippen LogP) is 2.73. The number of pyridine rings is 1. The van der Waals surface area contributed by atoms with Gasteiger partial charge >= 0.3 is 0 Å². The van der Waals surface area contributed by atoms with Crippen LogP contribution in [0.1, 0.15) is 47.4 Å². The van der Waals surface area contributed by atoms with Gasteiger partial charge in [0.15, 0.2) is 5.76 Å². The second-order valence-electron chi connectivity index (χ2n) is 5.84. The summed E-state index contributed by atoms with van der Waals surface area (Å²) in [6.45, 7) is 6.25. The first-order valence-electron chi connectivity index (χ1n) is 7.73. The Labute approximate surface area is 134 Å². The first-order valence-corrected chi connectivity index (χ1v) is 7.73. The quantitative estimate of drug-likeness (QED) is 0.786. The van der Waals surface area contributed by atoms with Gasteiger partial charge in [0.2, 0.25) is 0 Å². The Bertz CT molecular complexity index is 832. The highest BCUT2D eigenvalue weighted by molar-refractivity contribution is 5.96. The topological polar surface area (TPSA) is 72.4 Å². The number of aryl methyl sites for hydroxylation is 1. The number of nitrogens with one attached hydrogen (secondary N) is 1.